The second-order valence-electron chi connectivity index (χ2n) is 6.07. The van der Waals surface area contributed by atoms with Crippen LogP contribution in [0.15, 0.2) is 6.07 Å². The maximum Gasteiger partial charge on any atom is 0.223 e. The lowest BCUT2D eigenvalue weighted by molar-refractivity contribution is -0.125. The molecule has 120 valence electrons. The van der Waals surface area contributed by atoms with Crippen LogP contribution in [0.4, 0.5) is 0 Å². The Labute approximate surface area is 132 Å². The molecule has 1 aromatic carbocycles. The zero-order valence-corrected chi connectivity index (χ0v) is 13.5. The van der Waals surface area contributed by atoms with Gasteiger partial charge in [0.2, 0.25) is 5.91 Å². The number of nitrogens with one attached hydrogen (secondary N) is 1. The molecule has 0 unspecified atom stereocenters. The Morgan fingerprint density at radius 3 is 2.77 bits per heavy atom. The van der Waals surface area contributed by atoms with Crippen LogP contribution in [0.5, 0.6) is 11.5 Å². The standard InChI is InChI=1S/C18H25NO3/c1-3-12(4-2)18(20)19-8-5-15-14-7-10-21-16(14)11-13-6-9-22-17(13)15/h11-12H,3-10H2,1-2H3,(H,19,20). The second-order valence-corrected chi connectivity index (χ2v) is 6.07. The molecule has 0 aromatic heterocycles. The van der Waals surface area contributed by atoms with Crippen LogP contribution in [0.3, 0.4) is 0 Å². The lowest BCUT2D eigenvalue weighted by Gasteiger charge is -2.15. The van der Waals surface area contributed by atoms with Crippen molar-refractivity contribution in [3.8, 4) is 11.5 Å². The number of amides is 1. The summed E-state index contributed by atoms with van der Waals surface area (Å²) in [5.41, 5.74) is 3.77. The molecule has 2 heterocycles. The van der Waals surface area contributed by atoms with Crippen molar-refractivity contribution in [2.24, 2.45) is 5.92 Å². The number of benzene rings is 1. The maximum atomic E-state index is 12.1. The molecule has 2 aliphatic rings. The zero-order chi connectivity index (χ0) is 15.5. The van der Waals surface area contributed by atoms with Crippen LogP contribution in [0, 0.1) is 5.92 Å². The first-order valence-corrected chi connectivity index (χ1v) is 8.45. The normalized spacial score (nSPS) is 15.2. The summed E-state index contributed by atoms with van der Waals surface area (Å²) in [5.74, 6) is 2.37. The summed E-state index contributed by atoms with van der Waals surface area (Å²) in [7, 11) is 0. The largest absolute Gasteiger partial charge is 0.493 e. The minimum Gasteiger partial charge on any atom is -0.493 e. The molecule has 4 nitrogen and oxygen atoms in total. The third-order valence-corrected chi connectivity index (χ3v) is 4.79. The van der Waals surface area contributed by atoms with Gasteiger partial charge in [-0.3, -0.25) is 4.79 Å². The lowest BCUT2D eigenvalue weighted by Crippen LogP contribution is -2.31. The summed E-state index contributed by atoms with van der Waals surface area (Å²) < 4.78 is 11.6. The smallest absolute Gasteiger partial charge is 0.223 e. The van der Waals surface area contributed by atoms with E-state index in [1.54, 1.807) is 0 Å². The van der Waals surface area contributed by atoms with Gasteiger partial charge in [0.05, 0.1) is 13.2 Å². The van der Waals surface area contributed by atoms with Crippen LogP contribution in [0.2, 0.25) is 0 Å². The fourth-order valence-electron chi connectivity index (χ4n) is 3.46. The van der Waals surface area contributed by atoms with E-state index in [0.29, 0.717) is 6.54 Å². The summed E-state index contributed by atoms with van der Waals surface area (Å²) in [6, 6.07) is 2.14. The van der Waals surface area contributed by atoms with Crippen LogP contribution >= 0.6 is 0 Å². The third-order valence-electron chi connectivity index (χ3n) is 4.79. The summed E-state index contributed by atoms with van der Waals surface area (Å²) in [6.07, 6.45) is 4.52. The Bertz CT molecular complexity index is 532. The zero-order valence-electron chi connectivity index (χ0n) is 13.5. The van der Waals surface area contributed by atoms with Crippen LogP contribution in [-0.2, 0) is 24.1 Å². The van der Waals surface area contributed by atoms with Gasteiger partial charge in [-0.25, -0.2) is 0 Å². The van der Waals surface area contributed by atoms with Gasteiger partial charge in [-0.1, -0.05) is 13.8 Å². The third kappa shape index (κ3) is 2.79. The van der Waals surface area contributed by atoms with E-state index in [9.17, 15) is 4.79 Å². The first kappa shape index (κ1) is 15.2. The average Bonchev–Trinajstić information content (AvgIpc) is 3.16. The van der Waals surface area contributed by atoms with Gasteiger partial charge in [-0.15, -0.1) is 0 Å². The highest BCUT2D eigenvalue weighted by atomic mass is 16.5. The summed E-state index contributed by atoms with van der Waals surface area (Å²) in [4.78, 5) is 12.1. The van der Waals surface area contributed by atoms with Crippen molar-refractivity contribution in [1.29, 1.82) is 0 Å². The van der Waals surface area contributed by atoms with Crippen LogP contribution in [-0.4, -0.2) is 25.7 Å². The molecule has 0 bridgehead atoms. The van der Waals surface area contributed by atoms with Gasteiger partial charge < -0.3 is 14.8 Å². The SMILES string of the molecule is CCC(CC)C(=O)NCCc1c2c(cc3c1OCC3)OCC2. The number of carbonyl (C=O) groups excluding carboxylic acids is 1. The Balaban J connectivity index is 1.70. The van der Waals surface area contributed by atoms with E-state index in [0.717, 1.165) is 56.8 Å². The molecule has 0 spiro atoms. The van der Waals surface area contributed by atoms with Gasteiger partial charge in [0.15, 0.2) is 0 Å². The molecule has 4 heteroatoms. The average molecular weight is 303 g/mol. The molecule has 0 saturated carbocycles. The number of hydrogen-bond acceptors (Lipinski definition) is 3. The lowest BCUT2D eigenvalue weighted by atomic mass is 9.97. The van der Waals surface area contributed by atoms with Gasteiger partial charge in [0.1, 0.15) is 11.5 Å². The van der Waals surface area contributed by atoms with Gasteiger partial charge in [0.25, 0.3) is 0 Å². The molecule has 0 fully saturated rings. The van der Waals surface area contributed by atoms with E-state index in [1.807, 2.05) is 0 Å². The molecule has 2 aliphatic heterocycles. The van der Waals surface area contributed by atoms with Crippen molar-refractivity contribution >= 4 is 5.91 Å². The molecule has 0 saturated heterocycles. The summed E-state index contributed by atoms with van der Waals surface area (Å²) >= 11 is 0. The van der Waals surface area contributed by atoms with Gasteiger partial charge >= 0.3 is 0 Å². The van der Waals surface area contributed by atoms with Crippen LogP contribution in [0.1, 0.15) is 43.4 Å². The number of carbonyl (C=O) groups is 1. The Hall–Kier alpha value is -1.71. The van der Waals surface area contributed by atoms with Crippen LogP contribution in [0.25, 0.3) is 0 Å². The fourth-order valence-corrected chi connectivity index (χ4v) is 3.46. The van der Waals surface area contributed by atoms with E-state index < -0.39 is 0 Å². The van der Waals surface area contributed by atoms with E-state index in [4.69, 9.17) is 9.47 Å². The van der Waals surface area contributed by atoms with Crippen molar-refractivity contribution < 1.29 is 14.3 Å². The highest BCUT2D eigenvalue weighted by Gasteiger charge is 2.26. The van der Waals surface area contributed by atoms with Crippen molar-refractivity contribution in [2.75, 3.05) is 19.8 Å². The van der Waals surface area contributed by atoms with E-state index >= 15 is 0 Å². The fraction of sp³-hybridized carbons (Fsp3) is 0.611. The first-order valence-electron chi connectivity index (χ1n) is 8.45. The number of ether oxygens (including phenoxy) is 2. The molecule has 3 rings (SSSR count). The minimum atomic E-state index is 0.131. The monoisotopic (exact) mass is 303 g/mol. The second kappa shape index (κ2) is 6.59. The maximum absolute atomic E-state index is 12.1. The molecule has 22 heavy (non-hydrogen) atoms. The molecule has 0 aliphatic carbocycles. The predicted octanol–water partition coefficient (Wildman–Crippen LogP) is 2.65. The molecule has 1 N–H and O–H groups in total. The number of hydrogen-bond donors (Lipinski definition) is 1. The molecular formula is C18H25NO3. The molecule has 1 amide bonds. The van der Waals surface area contributed by atoms with E-state index in [-0.39, 0.29) is 11.8 Å². The minimum absolute atomic E-state index is 0.131. The number of fused-ring (bicyclic) bond motifs is 2. The van der Waals surface area contributed by atoms with E-state index in [2.05, 4.69) is 25.2 Å². The predicted molar refractivity (Wildman–Crippen MR) is 85.6 cm³/mol. The molecular weight excluding hydrogens is 278 g/mol. The van der Waals surface area contributed by atoms with Gasteiger partial charge in [-0.2, -0.15) is 0 Å². The van der Waals surface area contributed by atoms with Crippen molar-refractivity contribution in [1.82, 2.24) is 5.32 Å². The Morgan fingerprint density at radius 1 is 1.23 bits per heavy atom. The van der Waals surface area contributed by atoms with Crippen molar-refractivity contribution in [3.05, 3.63) is 22.8 Å². The van der Waals surface area contributed by atoms with Gasteiger partial charge in [0, 0.05) is 42.0 Å². The Morgan fingerprint density at radius 2 is 2.00 bits per heavy atom. The van der Waals surface area contributed by atoms with Crippen molar-refractivity contribution in [3.63, 3.8) is 0 Å². The highest BCUT2D eigenvalue weighted by molar-refractivity contribution is 5.78. The van der Waals surface area contributed by atoms with E-state index in [1.165, 1.54) is 16.7 Å². The molecule has 0 atom stereocenters. The van der Waals surface area contributed by atoms with Crippen molar-refractivity contribution in [2.45, 2.75) is 46.0 Å². The topological polar surface area (TPSA) is 47.6 Å². The summed E-state index contributed by atoms with van der Waals surface area (Å²) in [5, 5.41) is 3.08. The van der Waals surface area contributed by atoms with Gasteiger partial charge in [-0.05, 0) is 25.3 Å². The Kier molecular flexibility index (Phi) is 4.55. The quantitative estimate of drug-likeness (QED) is 0.879. The van der Waals surface area contributed by atoms with Crippen LogP contribution < -0.4 is 14.8 Å². The molecule has 0 radical (unpaired) electrons. The highest BCUT2D eigenvalue weighted by Crippen LogP contribution is 2.40. The molecule has 1 aromatic rings. The number of rotatable bonds is 6. The summed E-state index contributed by atoms with van der Waals surface area (Å²) in [6.45, 7) is 6.31. The first-order chi connectivity index (χ1) is 10.7.